The van der Waals surface area contributed by atoms with E-state index in [2.05, 4.69) is 29.3 Å². The fourth-order valence-corrected chi connectivity index (χ4v) is 3.56. The summed E-state index contributed by atoms with van der Waals surface area (Å²) in [5.41, 5.74) is 2.41. The first-order chi connectivity index (χ1) is 9.94. The van der Waals surface area contributed by atoms with Crippen molar-refractivity contribution in [3.8, 4) is 0 Å². The molecule has 118 valence electrons. The topological polar surface area (TPSA) is 49.4 Å². The van der Waals surface area contributed by atoms with Gasteiger partial charge in [0.05, 0.1) is 11.0 Å². The van der Waals surface area contributed by atoms with Gasteiger partial charge >= 0.3 is 0 Å². The van der Waals surface area contributed by atoms with Gasteiger partial charge in [-0.3, -0.25) is 0 Å². The molecule has 1 heterocycles. The highest BCUT2D eigenvalue weighted by atomic mass is 32.2. The Morgan fingerprint density at radius 1 is 1.33 bits per heavy atom. The fraction of sp³-hybridized carbons (Fsp3) is 0.625. The lowest BCUT2D eigenvalue weighted by molar-refractivity contribution is 0.504. The Bertz CT molecular complexity index is 569. The largest absolute Gasteiger partial charge is 0.369 e. The second-order valence-corrected chi connectivity index (χ2v) is 8.65. The lowest BCUT2D eigenvalue weighted by atomic mass is 10.1. The fourth-order valence-electron chi connectivity index (χ4n) is 2.61. The summed E-state index contributed by atoms with van der Waals surface area (Å²) in [5, 5.41) is 3.24. The molecule has 5 heteroatoms. The minimum absolute atomic E-state index is 0.218. The van der Waals surface area contributed by atoms with Gasteiger partial charge in [-0.05, 0) is 31.9 Å². The number of benzene rings is 1. The molecule has 1 aliphatic rings. The van der Waals surface area contributed by atoms with E-state index in [0.29, 0.717) is 12.6 Å². The van der Waals surface area contributed by atoms with Crippen LogP contribution in [-0.4, -0.2) is 38.6 Å². The SMILES string of the molecule is CCC1CN(CCS(=O)(=O)C(C)C)c2ccccc2CN1. The summed E-state index contributed by atoms with van der Waals surface area (Å²) in [7, 11) is -3.00. The molecule has 0 saturated carbocycles. The molecule has 0 aromatic heterocycles. The molecule has 1 N–H and O–H groups in total. The van der Waals surface area contributed by atoms with Crippen molar-refractivity contribution in [1.82, 2.24) is 5.32 Å². The molecule has 0 amide bonds. The highest BCUT2D eigenvalue weighted by Gasteiger charge is 2.23. The van der Waals surface area contributed by atoms with Crippen molar-refractivity contribution in [2.45, 2.75) is 45.0 Å². The summed E-state index contributed by atoms with van der Waals surface area (Å²) in [6.07, 6.45) is 1.04. The number of hydrogen-bond acceptors (Lipinski definition) is 4. The van der Waals surface area contributed by atoms with Crippen molar-refractivity contribution in [3.63, 3.8) is 0 Å². The quantitative estimate of drug-likeness (QED) is 0.906. The van der Waals surface area contributed by atoms with Gasteiger partial charge in [-0.2, -0.15) is 0 Å². The number of nitrogens with one attached hydrogen (secondary N) is 1. The van der Waals surface area contributed by atoms with Gasteiger partial charge in [-0.1, -0.05) is 25.1 Å². The van der Waals surface area contributed by atoms with E-state index >= 15 is 0 Å². The molecule has 0 saturated heterocycles. The average Bonchev–Trinajstić information content (AvgIpc) is 2.64. The Morgan fingerprint density at radius 2 is 2.05 bits per heavy atom. The summed E-state index contributed by atoms with van der Waals surface area (Å²) in [6, 6.07) is 8.67. The molecule has 1 atom stereocenters. The first-order valence-electron chi connectivity index (χ1n) is 7.72. The number of rotatable bonds is 5. The third-order valence-electron chi connectivity index (χ3n) is 4.21. The van der Waals surface area contributed by atoms with Gasteiger partial charge in [0, 0.05) is 31.4 Å². The van der Waals surface area contributed by atoms with Gasteiger partial charge in [0.15, 0.2) is 9.84 Å². The van der Waals surface area contributed by atoms with Crippen molar-refractivity contribution in [1.29, 1.82) is 0 Å². The summed E-state index contributed by atoms with van der Waals surface area (Å²) in [5.74, 6) is 0.218. The van der Waals surface area contributed by atoms with Crippen molar-refractivity contribution in [2.75, 3.05) is 23.7 Å². The lowest BCUT2D eigenvalue weighted by Gasteiger charge is -2.27. The molecule has 1 aromatic carbocycles. The Morgan fingerprint density at radius 3 is 2.71 bits per heavy atom. The molecule has 0 spiro atoms. The van der Waals surface area contributed by atoms with Crippen LogP contribution in [0.25, 0.3) is 0 Å². The number of sulfone groups is 1. The highest BCUT2D eigenvalue weighted by Crippen LogP contribution is 2.24. The monoisotopic (exact) mass is 310 g/mol. The van der Waals surface area contributed by atoms with E-state index < -0.39 is 9.84 Å². The van der Waals surface area contributed by atoms with E-state index in [9.17, 15) is 8.42 Å². The van der Waals surface area contributed by atoms with Gasteiger partial charge in [-0.15, -0.1) is 0 Å². The van der Waals surface area contributed by atoms with Crippen molar-refractivity contribution in [2.24, 2.45) is 0 Å². The number of fused-ring (bicyclic) bond motifs is 1. The summed E-state index contributed by atoms with van der Waals surface area (Å²) >= 11 is 0. The first-order valence-corrected chi connectivity index (χ1v) is 9.43. The predicted octanol–water partition coefficient (Wildman–Crippen LogP) is 2.20. The molecule has 21 heavy (non-hydrogen) atoms. The van der Waals surface area contributed by atoms with Crippen molar-refractivity contribution < 1.29 is 8.42 Å². The maximum absolute atomic E-state index is 12.1. The second kappa shape index (κ2) is 6.79. The maximum atomic E-state index is 12.1. The standard InChI is InChI=1S/C16H26N2O2S/c1-4-15-12-18(9-10-21(19,20)13(2)3)16-8-6-5-7-14(16)11-17-15/h5-8,13,15,17H,4,9-12H2,1-3H3. The molecular weight excluding hydrogens is 284 g/mol. The van der Waals surface area contributed by atoms with Crippen LogP contribution in [0.4, 0.5) is 5.69 Å². The van der Waals surface area contributed by atoms with Crippen LogP contribution < -0.4 is 10.2 Å². The van der Waals surface area contributed by atoms with Crippen LogP contribution in [0.1, 0.15) is 32.8 Å². The summed E-state index contributed by atoms with van der Waals surface area (Å²) in [6.45, 7) is 7.94. The Kier molecular flexibility index (Phi) is 5.27. The highest BCUT2D eigenvalue weighted by molar-refractivity contribution is 7.92. The van der Waals surface area contributed by atoms with Crippen LogP contribution in [0.15, 0.2) is 24.3 Å². The molecule has 1 aromatic rings. The van der Waals surface area contributed by atoms with E-state index in [0.717, 1.165) is 19.5 Å². The second-order valence-electron chi connectivity index (χ2n) is 5.98. The zero-order valence-electron chi connectivity index (χ0n) is 13.2. The van der Waals surface area contributed by atoms with Crippen LogP contribution in [0, 0.1) is 0 Å². The lowest BCUT2D eigenvalue weighted by Crippen LogP contribution is -2.40. The summed E-state index contributed by atoms with van der Waals surface area (Å²) < 4.78 is 24.2. The Labute approximate surface area is 128 Å². The molecule has 1 unspecified atom stereocenters. The van der Waals surface area contributed by atoms with Crippen molar-refractivity contribution in [3.05, 3.63) is 29.8 Å². The minimum atomic E-state index is -3.00. The third kappa shape index (κ3) is 3.98. The van der Waals surface area contributed by atoms with E-state index in [1.54, 1.807) is 13.8 Å². The van der Waals surface area contributed by atoms with Gasteiger partial charge in [0.1, 0.15) is 0 Å². The van der Waals surface area contributed by atoms with E-state index in [1.165, 1.54) is 11.3 Å². The van der Waals surface area contributed by atoms with Gasteiger partial charge < -0.3 is 10.2 Å². The smallest absolute Gasteiger partial charge is 0.154 e. The average molecular weight is 310 g/mol. The zero-order valence-corrected chi connectivity index (χ0v) is 14.0. The van der Waals surface area contributed by atoms with E-state index in [1.807, 2.05) is 12.1 Å². The molecule has 2 rings (SSSR count). The number of nitrogens with zero attached hydrogens (tertiary/aromatic N) is 1. The molecule has 1 aliphatic heterocycles. The summed E-state index contributed by atoms with van der Waals surface area (Å²) in [4.78, 5) is 2.23. The molecule has 4 nitrogen and oxygen atoms in total. The van der Waals surface area contributed by atoms with Crippen LogP contribution in [0.2, 0.25) is 0 Å². The van der Waals surface area contributed by atoms with Crippen LogP contribution in [-0.2, 0) is 16.4 Å². The molecule has 0 fully saturated rings. The predicted molar refractivity (Wildman–Crippen MR) is 88.5 cm³/mol. The Hall–Kier alpha value is -1.07. The van der Waals surface area contributed by atoms with E-state index in [-0.39, 0.29) is 11.0 Å². The molecule has 0 bridgehead atoms. The van der Waals surface area contributed by atoms with E-state index in [4.69, 9.17) is 0 Å². The first kappa shape index (κ1) is 16.3. The normalized spacial score (nSPS) is 19.4. The van der Waals surface area contributed by atoms with Gasteiger partial charge in [0.25, 0.3) is 0 Å². The Balaban J connectivity index is 2.19. The maximum Gasteiger partial charge on any atom is 0.154 e. The minimum Gasteiger partial charge on any atom is -0.369 e. The zero-order chi connectivity index (χ0) is 15.5. The molecular formula is C16H26N2O2S. The number of anilines is 1. The van der Waals surface area contributed by atoms with Crippen LogP contribution >= 0.6 is 0 Å². The third-order valence-corrected chi connectivity index (χ3v) is 6.40. The van der Waals surface area contributed by atoms with Crippen LogP contribution in [0.3, 0.4) is 0 Å². The number of para-hydroxylation sites is 1. The molecule has 0 aliphatic carbocycles. The van der Waals surface area contributed by atoms with Gasteiger partial charge in [0.2, 0.25) is 0 Å². The van der Waals surface area contributed by atoms with Gasteiger partial charge in [-0.25, -0.2) is 8.42 Å². The number of hydrogen-bond donors (Lipinski definition) is 1. The molecule has 0 radical (unpaired) electrons. The van der Waals surface area contributed by atoms with Crippen LogP contribution in [0.5, 0.6) is 0 Å². The van der Waals surface area contributed by atoms with Crippen molar-refractivity contribution >= 4 is 15.5 Å².